The van der Waals surface area contributed by atoms with Crippen molar-refractivity contribution >= 4 is 17.9 Å². The highest BCUT2D eigenvalue weighted by molar-refractivity contribution is 5.77. The van der Waals surface area contributed by atoms with E-state index in [1.807, 2.05) is 0 Å². The third-order valence-electron chi connectivity index (χ3n) is 2.67. The fourth-order valence-corrected chi connectivity index (χ4v) is 1.68. The minimum Gasteiger partial charge on any atom is -0.481 e. The number of hydrogen-bond donors (Lipinski definition) is 3. The number of carbonyl (C=O) groups excluding carboxylic acids is 1. The molecule has 0 saturated carbocycles. The molecule has 8 nitrogen and oxygen atoms in total. The third kappa shape index (κ3) is 3.97. The van der Waals surface area contributed by atoms with Gasteiger partial charge in [-0.15, -0.1) is 5.06 Å². The molecule has 0 radical (unpaired) electrons. The Balaban J connectivity index is 2.43. The van der Waals surface area contributed by atoms with E-state index in [1.54, 1.807) is 0 Å². The van der Waals surface area contributed by atoms with E-state index in [0.29, 0.717) is 19.4 Å². The molecule has 0 aromatic carbocycles. The topological polar surface area (TPSA) is 130 Å². The molecule has 0 spiro atoms. The van der Waals surface area contributed by atoms with Gasteiger partial charge in [-0.25, -0.2) is 4.79 Å². The van der Waals surface area contributed by atoms with Crippen molar-refractivity contribution in [2.45, 2.75) is 37.8 Å². The monoisotopic (exact) mass is 260 g/mol. The highest BCUT2D eigenvalue weighted by Gasteiger charge is 2.34. The van der Waals surface area contributed by atoms with Gasteiger partial charge in [-0.05, 0) is 19.3 Å². The minimum atomic E-state index is -1.06. The molecule has 4 N–H and O–H groups in total. The van der Waals surface area contributed by atoms with Gasteiger partial charge in [-0.2, -0.15) is 0 Å². The number of aliphatic carboxylic acids is 2. The summed E-state index contributed by atoms with van der Waals surface area (Å²) in [5.41, 5.74) is 5.45. The van der Waals surface area contributed by atoms with Crippen LogP contribution in [0.25, 0.3) is 0 Å². The summed E-state index contributed by atoms with van der Waals surface area (Å²) >= 11 is 0. The van der Waals surface area contributed by atoms with Gasteiger partial charge >= 0.3 is 17.9 Å². The molecule has 18 heavy (non-hydrogen) atoms. The first-order valence-corrected chi connectivity index (χ1v) is 5.60. The maximum atomic E-state index is 11.5. The molecule has 0 aromatic rings. The maximum Gasteiger partial charge on any atom is 0.341 e. The molecule has 0 aliphatic carbocycles. The van der Waals surface area contributed by atoms with Crippen molar-refractivity contribution < 1.29 is 29.4 Å². The molecule has 1 rings (SSSR count). The average molecular weight is 260 g/mol. The van der Waals surface area contributed by atoms with Crippen LogP contribution in [0.5, 0.6) is 0 Å². The van der Waals surface area contributed by atoms with E-state index < -0.39 is 30.0 Å². The molecule has 1 heterocycles. The normalized spacial score (nSPS) is 21.5. The summed E-state index contributed by atoms with van der Waals surface area (Å²) < 4.78 is 0. The fraction of sp³-hybridized carbons (Fsp3) is 0.700. The summed E-state index contributed by atoms with van der Waals surface area (Å²) in [5.74, 6) is -2.91. The standard InChI is InChI=1S/C10H16N2O6/c11-6(3-4-8(13)14)10(17)18-12-5-1-2-7(12)9(15)16/h6-7H,1-5,11H2,(H,13,14)(H,15,16)/t6-,7-/m0/s1. The Bertz CT molecular complexity index is 345. The SMILES string of the molecule is N[C@@H](CCC(=O)O)C(=O)ON1CCC[C@H]1C(=O)O. The maximum absolute atomic E-state index is 11.5. The first kappa shape index (κ1) is 14.4. The summed E-state index contributed by atoms with van der Waals surface area (Å²) in [6.45, 7) is 0.342. The van der Waals surface area contributed by atoms with Gasteiger partial charge in [0.25, 0.3) is 0 Å². The zero-order chi connectivity index (χ0) is 13.7. The molecule has 1 saturated heterocycles. The summed E-state index contributed by atoms with van der Waals surface area (Å²) in [6, 6.07) is -1.91. The van der Waals surface area contributed by atoms with Crippen LogP contribution < -0.4 is 5.73 Å². The quantitative estimate of drug-likeness (QED) is 0.565. The van der Waals surface area contributed by atoms with Crippen LogP contribution in [0.3, 0.4) is 0 Å². The minimum absolute atomic E-state index is 0.0419. The summed E-state index contributed by atoms with van der Waals surface area (Å²) in [5, 5.41) is 18.4. The Hall–Kier alpha value is -1.67. The van der Waals surface area contributed by atoms with Crippen molar-refractivity contribution in [1.82, 2.24) is 5.06 Å². The van der Waals surface area contributed by atoms with E-state index in [4.69, 9.17) is 20.8 Å². The molecule has 102 valence electrons. The van der Waals surface area contributed by atoms with Gasteiger partial charge in [0.1, 0.15) is 12.1 Å². The van der Waals surface area contributed by atoms with Crippen LogP contribution in [0.15, 0.2) is 0 Å². The summed E-state index contributed by atoms with van der Waals surface area (Å²) in [6.07, 6.45) is 0.750. The van der Waals surface area contributed by atoms with Crippen LogP contribution in [0.2, 0.25) is 0 Å². The number of hydroxylamine groups is 2. The van der Waals surface area contributed by atoms with Gasteiger partial charge in [-0.3, -0.25) is 9.59 Å². The van der Waals surface area contributed by atoms with E-state index in [9.17, 15) is 14.4 Å². The Morgan fingerprint density at radius 1 is 1.39 bits per heavy atom. The molecule has 0 amide bonds. The fourth-order valence-electron chi connectivity index (χ4n) is 1.68. The van der Waals surface area contributed by atoms with Crippen molar-refractivity contribution in [3.05, 3.63) is 0 Å². The van der Waals surface area contributed by atoms with Gasteiger partial charge in [0.15, 0.2) is 0 Å². The molecular formula is C10H16N2O6. The average Bonchev–Trinajstić information content (AvgIpc) is 2.73. The molecule has 0 unspecified atom stereocenters. The van der Waals surface area contributed by atoms with Crippen LogP contribution >= 0.6 is 0 Å². The molecule has 1 fully saturated rings. The smallest absolute Gasteiger partial charge is 0.341 e. The van der Waals surface area contributed by atoms with Crippen molar-refractivity contribution in [3.63, 3.8) is 0 Å². The molecular weight excluding hydrogens is 244 g/mol. The first-order chi connectivity index (χ1) is 8.41. The predicted molar refractivity (Wildman–Crippen MR) is 58.3 cm³/mol. The molecule has 2 atom stereocenters. The van der Waals surface area contributed by atoms with Crippen molar-refractivity contribution in [2.24, 2.45) is 5.73 Å². The zero-order valence-electron chi connectivity index (χ0n) is 9.74. The van der Waals surface area contributed by atoms with Gasteiger partial charge in [0.2, 0.25) is 0 Å². The lowest BCUT2D eigenvalue weighted by Gasteiger charge is -2.21. The summed E-state index contributed by atoms with van der Waals surface area (Å²) in [7, 11) is 0. The number of carboxylic acid groups (broad SMARTS) is 2. The molecule has 0 aromatic heterocycles. The van der Waals surface area contributed by atoms with Crippen LogP contribution in [0.4, 0.5) is 0 Å². The third-order valence-corrected chi connectivity index (χ3v) is 2.67. The summed E-state index contributed by atoms with van der Waals surface area (Å²) in [4.78, 5) is 37.5. The lowest BCUT2D eigenvalue weighted by Crippen LogP contribution is -2.42. The van der Waals surface area contributed by atoms with Crippen LogP contribution in [-0.2, 0) is 19.2 Å². The van der Waals surface area contributed by atoms with Crippen molar-refractivity contribution in [2.75, 3.05) is 6.54 Å². The first-order valence-electron chi connectivity index (χ1n) is 5.60. The zero-order valence-corrected chi connectivity index (χ0v) is 9.74. The number of hydrogen-bond acceptors (Lipinski definition) is 6. The molecule has 0 bridgehead atoms. The van der Waals surface area contributed by atoms with E-state index in [0.717, 1.165) is 5.06 Å². The molecule has 1 aliphatic rings. The van der Waals surface area contributed by atoms with Crippen molar-refractivity contribution in [1.29, 1.82) is 0 Å². The van der Waals surface area contributed by atoms with E-state index >= 15 is 0 Å². The highest BCUT2D eigenvalue weighted by Crippen LogP contribution is 2.18. The Kier molecular flexibility index (Phi) is 5.05. The second-order valence-corrected chi connectivity index (χ2v) is 4.09. The Morgan fingerprint density at radius 2 is 2.06 bits per heavy atom. The highest BCUT2D eigenvalue weighted by atomic mass is 16.7. The van der Waals surface area contributed by atoms with E-state index in [-0.39, 0.29) is 12.8 Å². The molecule has 1 aliphatic heterocycles. The Labute approximate surface area is 103 Å². The largest absolute Gasteiger partial charge is 0.481 e. The second-order valence-electron chi connectivity index (χ2n) is 4.09. The number of carbonyl (C=O) groups is 3. The van der Waals surface area contributed by atoms with Gasteiger partial charge < -0.3 is 20.8 Å². The predicted octanol–water partition coefficient (Wildman–Crippen LogP) is -0.814. The van der Waals surface area contributed by atoms with Crippen LogP contribution in [-0.4, -0.2) is 51.8 Å². The number of nitrogens with zero attached hydrogens (tertiary/aromatic N) is 1. The van der Waals surface area contributed by atoms with Gasteiger partial charge in [-0.1, -0.05) is 0 Å². The van der Waals surface area contributed by atoms with Gasteiger partial charge in [0, 0.05) is 13.0 Å². The number of carboxylic acids is 2. The van der Waals surface area contributed by atoms with E-state index in [1.165, 1.54) is 0 Å². The lowest BCUT2D eigenvalue weighted by molar-refractivity contribution is -0.200. The van der Waals surface area contributed by atoms with Crippen LogP contribution in [0.1, 0.15) is 25.7 Å². The lowest BCUT2D eigenvalue weighted by atomic mass is 10.2. The van der Waals surface area contributed by atoms with Crippen molar-refractivity contribution in [3.8, 4) is 0 Å². The van der Waals surface area contributed by atoms with Gasteiger partial charge in [0.05, 0.1) is 0 Å². The van der Waals surface area contributed by atoms with Crippen LogP contribution in [0, 0.1) is 0 Å². The number of rotatable bonds is 6. The number of nitrogens with two attached hydrogens (primary N) is 1. The molecule has 8 heteroatoms. The Morgan fingerprint density at radius 3 is 2.61 bits per heavy atom. The van der Waals surface area contributed by atoms with E-state index in [2.05, 4.69) is 0 Å². The second kappa shape index (κ2) is 6.31.